The van der Waals surface area contributed by atoms with E-state index in [9.17, 15) is 0 Å². The van der Waals surface area contributed by atoms with Crippen LogP contribution in [0.5, 0.6) is 5.75 Å². The summed E-state index contributed by atoms with van der Waals surface area (Å²) in [4.78, 5) is 0. The van der Waals surface area contributed by atoms with Crippen LogP contribution in [0.25, 0.3) is 0 Å². The Hall–Kier alpha value is -2.80. The van der Waals surface area contributed by atoms with Crippen molar-refractivity contribution in [3.05, 3.63) is 113 Å². The third-order valence-electron chi connectivity index (χ3n) is 6.05. The highest BCUT2D eigenvalue weighted by atomic mass is 16.5. The molecule has 0 saturated carbocycles. The molecular weight excluding hydrogens is 352 g/mol. The number of hydrogen-bond donors (Lipinski definition) is 0. The van der Waals surface area contributed by atoms with Crippen molar-refractivity contribution < 1.29 is 4.74 Å². The van der Waals surface area contributed by atoms with Crippen LogP contribution in [0.3, 0.4) is 0 Å². The number of ether oxygens (including phenoxy) is 1. The first-order valence-electron chi connectivity index (χ1n) is 10.7. The van der Waals surface area contributed by atoms with Gasteiger partial charge in [0, 0.05) is 5.92 Å². The minimum atomic E-state index is 0.386. The van der Waals surface area contributed by atoms with Gasteiger partial charge in [0.15, 0.2) is 0 Å². The number of benzene rings is 3. The Morgan fingerprint density at radius 3 is 2.52 bits per heavy atom. The molecule has 148 valence electrons. The summed E-state index contributed by atoms with van der Waals surface area (Å²) >= 11 is 0. The first-order valence-corrected chi connectivity index (χ1v) is 10.7. The summed E-state index contributed by atoms with van der Waals surface area (Å²) in [6, 6.07) is 26.8. The first kappa shape index (κ1) is 19.5. The fraction of sp³-hybridized carbons (Fsp3) is 0.286. The summed E-state index contributed by atoms with van der Waals surface area (Å²) in [5.41, 5.74) is 7.15. The van der Waals surface area contributed by atoms with Crippen molar-refractivity contribution in [3.63, 3.8) is 0 Å². The molecule has 2 atom stereocenters. The van der Waals surface area contributed by atoms with Gasteiger partial charge >= 0.3 is 0 Å². The second-order valence-electron chi connectivity index (χ2n) is 8.08. The molecule has 0 aliphatic heterocycles. The number of hydrogen-bond acceptors (Lipinski definition) is 1. The van der Waals surface area contributed by atoms with Crippen LogP contribution in [-0.4, -0.2) is 6.61 Å². The van der Waals surface area contributed by atoms with E-state index < -0.39 is 0 Å². The molecule has 0 fully saturated rings. The number of allylic oxidation sites excluding steroid dienone is 1. The Balaban J connectivity index is 1.65. The van der Waals surface area contributed by atoms with E-state index in [4.69, 9.17) is 4.74 Å². The molecular formula is C28H30O. The number of unbranched alkanes of at least 4 members (excludes halogenated alkanes) is 1. The van der Waals surface area contributed by atoms with Crippen molar-refractivity contribution in [3.8, 4) is 5.75 Å². The molecule has 3 aromatic carbocycles. The molecule has 1 aliphatic rings. The molecule has 0 radical (unpaired) electrons. The van der Waals surface area contributed by atoms with Crippen LogP contribution < -0.4 is 4.74 Å². The number of rotatable bonds is 7. The molecule has 1 nitrogen and oxygen atoms in total. The zero-order valence-corrected chi connectivity index (χ0v) is 17.3. The third kappa shape index (κ3) is 4.45. The van der Waals surface area contributed by atoms with E-state index in [0.717, 1.165) is 31.6 Å². The van der Waals surface area contributed by atoms with Crippen LogP contribution in [0.2, 0.25) is 0 Å². The van der Waals surface area contributed by atoms with E-state index in [-0.39, 0.29) is 0 Å². The predicted octanol–water partition coefficient (Wildman–Crippen LogP) is 7.20. The van der Waals surface area contributed by atoms with Crippen molar-refractivity contribution in [2.24, 2.45) is 0 Å². The van der Waals surface area contributed by atoms with Crippen molar-refractivity contribution >= 4 is 0 Å². The van der Waals surface area contributed by atoms with Gasteiger partial charge < -0.3 is 4.74 Å². The minimum absolute atomic E-state index is 0.386. The summed E-state index contributed by atoms with van der Waals surface area (Å²) in [5.74, 6) is 1.84. The van der Waals surface area contributed by atoms with Gasteiger partial charge in [0.1, 0.15) is 5.75 Å². The lowest BCUT2D eigenvalue weighted by Crippen LogP contribution is -2.20. The zero-order valence-electron chi connectivity index (χ0n) is 17.3. The van der Waals surface area contributed by atoms with E-state index in [1.54, 1.807) is 0 Å². The lowest BCUT2D eigenvalue weighted by Gasteiger charge is -2.35. The van der Waals surface area contributed by atoms with Crippen LogP contribution >= 0.6 is 0 Å². The van der Waals surface area contributed by atoms with Crippen LogP contribution in [0.4, 0.5) is 0 Å². The lowest BCUT2D eigenvalue weighted by molar-refractivity contribution is 0.312. The van der Waals surface area contributed by atoms with Crippen LogP contribution in [0.15, 0.2) is 85.5 Å². The molecule has 0 bridgehead atoms. The third-order valence-corrected chi connectivity index (χ3v) is 6.05. The molecule has 4 rings (SSSR count). The topological polar surface area (TPSA) is 9.23 Å². The molecule has 1 aliphatic carbocycles. The van der Waals surface area contributed by atoms with E-state index in [2.05, 4.69) is 86.3 Å². The normalized spacial score (nSPS) is 18.1. The Morgan fingerprint density at radius 2 is 1.76 bits per heavy atom. The quantitative estimate of drug-likeness (QED) is 0.310. The SMILES string of the molecule is C=CCCCOc1ccc([C@@H]2c3ccc(C)cc3CC[C@@H]2c2ccccc2)cc1. The zero-order chi connectivity index (χ0) is 20.1. The maximum absolute atomic E-state index is 5.90. The van der Waals surface area contributed by atoms with Crippen LogP contribution in [-0.2, 0) is 6.42 Å². The van der Waals surface area contributed by atoms with Gasteiger partial charge in [-0.2, -0.15) is 0 Å². The maximum Gasteiger partial charge on any atom is 0.119 e. The molecule has 29 heavy (non-hydrogen) atoms. The Kier molecular flexibility index (Phi) is 6.14. The van der Waals surface area contributed by atoms with Gasteiger partial charge in [-0.15, -0.1) is 6.58 Å². The van der Waals surface area contributed by atoms with E-state index >= 15 is 0 Å². The van der Waals surface area contributed by atoms with E-state index in [0.29, 0.717) is 11.8 Å². The molecule has 0 aromatic heterocycles. The molecule has 0 unspecified atom stereocenters. The van der Waals surface area contributed by atoms with Gasteiger partial charge in [0.05, 0.1) is 6.61 Å². The van der Waals surface area contributed by atoms with Crippen molar-refractivity contribution in [2.45, 2.75) is 44.4 Å². The molecule has 0 heterocycles. The molecule has 1 heteroatoms. The molecule has 0 amide bonds. The van der Waals surface area contributed by atoms with Crippen LogP contribution in [0.1, 0.15) is 58.9 Å². The highest BCUT2D eigenvalue weighted by Gasteiger charge is 2.31. The standard InChI is InChI=1S/C28H30O/c1-3-4-8-19-29-25-15-12-23(13-16-25)28-26(22-9-6-5-7-10-22)18-14-24-20-21(2)11-17-27(24)28/h3,5-7,9-13,15-17,20,26,28H,1,4,8,14,18-19H2,2H3/t26-,28+/m1/s1. The molecule has 0 saturated heterocycles. The summed E-state index contributed by atoms with van der Waals surface area (Å²) in [6.07, 6.45) is 6.28. The van der Waals surface area contributed by atoms with Gasteiger partial charge in [-0.05, 0) is 72.9 Å². The number of fused-ring (bicyclic) bond motifs is 1. The lowest BCUT2D eigenvalue weighted by atomic mass is 9.69. The highest BCUT2D eigenvalue weighted by Crippen LogP contribution is 2.46. The largest absolute Gasteiger partial charge is 0.494 e. The Labute approximate surface area is 175 Å². The summed E-state index contributed by atoms with van der Waals surface area (Å²) in [6.45, 7) is 6.70. The Morgan fingerprint density at radius 1 is 0.966 bits per heavy atom. The first-order chi connectivity index (χ1) is 14.3. The molecule has 0 N–H and O–H groups in total. The second-order valence-corrected chi connectivity index (χ2v) is 8.08. The monoisotopic (exact) mass is 382 g/mol. The second kappa shape index (κ2) is 9.13. The maximum atomic E-state index is 5.90. The summed E-state index contributed by atoms with van der Waals surface area (Å²) < 4.78 is 5.90. The van der Waals surface area contributed by atoms with Gasteiger partial charge in [0.2, 0.25) is 0 Å². The van der Waals surface area contributed by atoms with Crippen molar-refractivity contribution in [1.82, 2.24) is 0 Å². The molecule has 0 spiro atoms. The fourth-order valence-corrected chi connectivity index (χ4v) is 4.61. The molecule has 3 aromatic rings. The smallest absolute Gasteiger partial charge is 0.119 e. The van der Waals surface area contributed by atoms with E-state index in [1.807, 2.05) is 6.08 Å². The fourth-order valence-electron chi connectivity index (χ4n) is 4.61. The average Bonchev–Trinajstić information content (AvgIpc) is 2.77. The van der Waals surface area contributed by atoms with E-state index in [1.165, 1.54) is 34.2 Å². The summed E-state index contributed by atoms with van der Waals surface area (Å²) in [7, 11) is 0. The predicted molar refractivity (Wildman–Crippen MR) is 122 cm³/mol. The highest BCUT2D eigenvalue weighted by molar-refractivity contribution is 5.47. The van der Waals surface area contributed by atoms with Gasteiger partial charge in [0.25, 0.3) is 0 Å². The average molecular weight is 383 g/mol. The van der Waals surface area contributed by atoms with Crippen molar-refractivity contribution in [2.75, 3.05) is 6.61 Å². The summed E-state index contributed by atoms with van der Waals surface area (Å²) in [5, 5.41) is 0. The number of aryl methyl sites for hydroxylation is 2. The Bertz CT molecular complexity index is 940. The van der Waals surface area contributed by atoms with Gasteiger partial charge in [-0.25, -0.2) is 0 Å². The van der Waals surface area contributed by atoms with Gasteiger partial charge in [-0.3, -0.25) is 0 Å². The minimum Gasteiger partial charge on any atom is -0.494 e. The van der Waals surface area contributed by atoms with Gasteiger partial charge in [-0.1, -0.05) is 72.3 Å². The van der Waals surface area contributed by atoms with Crippen molar-refractivity contribution in [1.29, 1.82) is 0 Å². The van der Waals surface area contributed by atoms with Crippen LogP contribution in [0, 0.1) is 6.92 Å².